The highest BCUT2D eigenvalue weighted by molar-refractivity contribution is 6.06. The van der Waals surface area contributed by atoms with Crippen LogP contribution in [0.3, 0.4) is 0 Å². The SMILES string of the molecule is COc1ccc(N(C(=O)c2ccc(OCC3CCCO3)cc2)C(C)C2CC2)cc1. The fourth-order valence-electron chi connectivity index (χ4n) is 3.87. The van der Waals surface area contributed by atoms with E-state index in [0.717, 1.165) is 36.6 Å². The lowest BCUT2D eigenvalue weighted by atomic mass is 10.1. The summed E-state index contributed by atoms with van der Waals surface area (Å²) in [6, 6.07) is 15.3. The molecule has 2 unspecified atom stereocenters. The van der Waals surface area contributed by atoms with Gasteiger partial charge >= 0.3 is 0 Å². The number of anilines is 1. The maximum Gasteiger partial charge on any atom is 0.258 e. The Morgan fingerprint density at radius 3 is 2.34 bits per heavy atom. The van der Waals surface area contributed by atoms with Gasteiger partial charge < -0.3 is 19.1 Å². The Bertz CT molecular complexity index is 808. The van der Waals surface area contributed by atoms with Gasteiger partial charge in [0.1, 0.15) is 18.1 Å². The van der Waals surface area contributed by atoms with Crippen LogP contribution in [0.1, 0.15) is 43.0 Å². The van der Waals surface area contributed by atoms with Crippen molar-refractivity contribution < 1.29 is 19.0 Å². The standard InChI is InChI=1S/C24H29NO4/c1-17(18-5-6-18)25(20-9-13-21(27-2)14-10-20)24(26)19-7-11-22(12-8-19)29-16-23-4-3-15-28-23/h7-14,17-18,23H,3-6,15-16H2,1-2H3. The van der Waals surface area contributed by atoms with Gasteiger partial charge in [0.15, 0.2) is 0 Å². The molecular formula is C24H29NO4. The molecule has 0 radical (unpaired) electrons. The molecule has 0 aromatic heterocycles. The van der Waals surface area contributed by atoms with Crippen molar-refractivity contribution in [2.75, 3.05) is 25.2 Å². The minimum absolute atomic E-state index is 0.0141. The molecule has 5 heteroatoms. The maximum atomic E-state index is 13.4. The molecule has 5 nitrogen and oxygen atoms in total. The van der Waals surface area contributed by atoms with Crippen LogP contribution in [0.15, 0.2) is 48.5 Å². The number of carbonyl (C=O) groups is 1. The predicted octanol–water partition coefficient (Wildman–Crippen LogP) is 4.70. The quantitative estimate of drug-likeness (QED) is 0.650. The number of amides is 1. The van der Waals surface area contributed by atoms with Crippen LogP contribution in [-0.4, -0.2) is 38.4 Å². The topological polar surface area (TPSA) is 48.0 Å². The molecule has 1 amide bonds. The first-order valence-corrected chi connectivity index (χ1v) is 10.5. The Hall–Kier alpha value is -2.53. The predicted molar refractivity (Wildman–Crippen MR) is 113 cm³/mol. The summed E-state index contributed by atoms with van der Waals surface area (Å²) in [5, 5.41) is 0. The van der Waals surface area contributed by atoms with Crippen molar-refractivity contribution in [3.05, 3.63) is 54.1 Å². The summed E-state index contributed by atoms with van der Waals surface area (Å²) in [6.07, 6.45) is 4.68. The molecular weight excluding hydrogens is 366 g/mol. The molecule has 1 aliphatic carbocycles. The minimum Gasteiger partial charge on any atom is -0.497 e. The van der Waals surface area contributed by atoms with Crippen LogP contribution in [0, 0.1) is 5.92 Å². The van der Waals surface area contributed by atoms with Gasteiger partial charge in [0.2, 0.25) is 0 Å². The van der Waals surface area contributed by atoms with Gasteiger partial charge in [0.25, 0.3) is 5.91 Å². The van der Waals surface area contributed by atoms with Crippen LogP contribution in [0.5, 0.6) is 11.5 Å². The molecule has 4 rings (SSSR count). The fourth-order valence-corrected chi connectivity index (χ4v) is 3.87. The number of nitrogens with zero attached hydrogens (tertiary/aromatic N) is 1. The van der Waals surface area contributed by atoms with E-state index in [-0.39, 0.29) is 18.1 Å². The van der Waals surface area contributed by atoms with Crippen LogP contribution < -0.4 is 14.4 Å². The van der Waals surface area contributed by atoms with E-state index in [1.165, 1.54) is 12.8 Å². The van der Waals surface area contributed by atoms with Crippen LogP contribution >= 0.6 is 0 Å². The number of ether oxygens (including phenoxy) is 3. The number of hydrogen-bond acceptors (Lipinski definition) is 4. The molecule has 1 heterocycles. The Labute approximate surface area is 172 Å². The number of hydrogen-bond donors (Lipinski definition) is 0. The molecule has 0 spiro atoms. The van der Waals surface area contributed by atoms with Crippen molar-refractivity contribution in [2.45, 2.75) is 44.8 Å². The van der Waals surface area contributed by atoms with E-state index in [9.17, 15) is 4.79 Å². The molecule has 0 bridgehead atoms. The maximum absolute atomic E-state index is 13.4. The zero-order valence-electron chi connectivity index (χ0n) is 17.2. The average molecular weight is 395 g/mol. The second kappa shape index (κ2) is 8.87. The van der Waals surface area contributed by atoms with E-state index < -0.39 is 0 Å². The molecule has 2 fully saturated rings. The lowest BCUT2D eigenvalue weighted by Gasteiger charge is -2.30. The van der Waals surface area contributed by atoms with Crippen molar-refractivity contribution in [1.82, 2.24) is 0 Å². The third-order valence-electron chi connectivity index (χ3n) is 5.84. The zero-order valence-corrected chi connectivity index (χ0v) is 17.2. The van der Waals surface area contributed by atoms with Crippen molar-refractivity contribution >= 4 is 11.6 Å². The van der Waals surface area contributed by atoms with Crippen molar-refractivity contribution in [1.29, 1.82) is 0 Å². The first-order chi connectivity index (χ1) is 14.2. The molecule has 1 saturated heterocycles. The highest BCUT2D eigenvalue weighted by Gasteiger charge is 2.35. The first-order valence-electron chi connectivity index (χ1n) is 10.5. The summed E-state index contributed by atoms with van der Waals surface area (Å²) >= 11 is 0. The van der Waals surface area contributed by atoms with Gasteiger partial charge in [0.05, 0.1) is 13.2 Å². The lowest BCUT2D eigenvalue weighted by molar-refractivity contribution is 0.0679. The van der Waals surface area contributed by atoms with E-state index in [1.54, 1.807) is 7.11 Å². The van der Waals surface area contributed by atoms with E-state index in [1.807, 2.05) is 53.4 Å². The third-order valence-corrected chi connectivity index (χ3v) is 5.84. The molecule has 2 aromatic rings. The molecule has 1 aliphatic heterocycles. The van der Waals surface area contributed by atoms with Gasteiger partial charge in [-0.3, -0.25) is 4.79 Å². The fraction of sp³-hybridized carbons (Fsp3) is 0.458. The van der Waals surface area contributed by atoms with E-state index in [2.05, 4.69) is 6.92 Å². The number of benzene rings is 2. The Morgan fingerprint density at radius 1 is 1.07 bits per heavy atom. The summed E-state index contributed by atoms with van der Waals surface area (Å²) in [5.41, 5.74) is 1.56. The number of rotatable bonds is 8. The highest BCUT2D eigenvalue weighted by atomic mass is 16.5. The number of methoxy groups -OCH3 is 1. The van der Waals surface area contributed by atoms with Crippen molar-refractivity contribution in [3.63, 3.8) is 0 Å². The van der Waals surface area contributed by atoms with Gasteiger partial charge in [0, 0.05) is 23.9 Å². The van der Waals surface area contributed by atoms with Gasteiger partial charge in [-0.05, 0) is 87.1 Å². The monoisotopic (exact) mass is 395 g/mol. The summed E-state index contributed by atoms with van der Waals surface area (Å²) in [7, 11) is 1.65. The Kier molecular flexibility index (Phi) is 6.05. The highest BCUT2D eigenvalue weighted by Crippen LogP contribution is 2.38. The van der Waals surface area contributed by atoms with E-state index >= 15 is 0 Å². The Morgan fingerprint density at radius 2 is 1.76 bits per heavy atom. The summed E-state index contributed by atoms with van der Waals surface area (Å²) in [4.78, 5) is 15.3. The van der Waals surface area contributed by atoms with Crippen LogP contribution in [-0.2, 0) is 4.74 Å². The Balaban J connectivity index is 1.48. The normalized spacial score (nSPS) is 19.6. The van der Waals surface area contributed by atoms with Crippen LogP contribution in [0.2, 0.25) is 0 Å². The van der Waals surface area contributed by atoms with E-state index in [4.69, 9.17) is 14.2 Å². The van der Waals surface area contributed by atoms with Crippen LogP contribution in [0.4, 0.5) is 5.69 Å². The molecule has 1 saturated carbocycles. The lowest BCUT2D eigenvalue weighted by Crippen LogP contribution is -2.40. The molecule has 29 heavy (non-hydrogen) atoms. The van der Waals surface area contributed by atoms with Gasteiger partial charge in [-0.15, -0.1) is 0 Å². The molecule has 154 valence electrons. The van der Waals surface area contributed by atoms with Gasteiger partial charge in [-0.25, -0.2) is 0 Å². The molecule has 2 aromatic carbocycles. The van der Waals surface area contributed by atoms with E-state index in [0.29, 0.717) is 18.1 Å². The third kappa shape index (κ3) is 4.73. The van der Waals surface area contributed by atoms with Gasteiger partial charge in [-0.1, -0.05) is 0 Å². The number of carbonyl (C=O) groups excluding carboxylic acids is 1. The largest absolute Gasteiger partial charge is 0.497 e. The summed E-state index contributed by atoms with van der Waals surface area (Å²) < 4.78 is 16.7. The average Bonchev–Trinajstić information content (AvgIpc) is 3.49. The first kappa shape index (κ1) is 19.8. The summed E-state index contributed by atoms with van der Waals surface area (Å²) in [5.74, 6) is 2.13. The zero-order chi connectivity index (χ0) is 20.2. The smallest absolute Gasteiger partial charge is 0.258 e. The molecule has 2 atom stereocenters. The molecule has 0 N–H and O–H groups in total. The molecule has 2 aliphatic rings. The van der Waals surface area contributed by atoms with Crippen molar-refractivity contribution in [3.8, 4) is 11.5 Å². The second-order valence-corrected chi connectivity index (χ2v) is 7.92. The summed E-state index contributed by atoms with van der Waals surface area (Å²) in [6.45, 7) is 3.52. The van der Waals surface area contributed by atoms with Crippen molar-refractivity contribution in [2.24, 2.45) is 5.92 Å². The van der Waals surface area contributed by atoms with Crippen LogP contribution in [0.25, 0.3) is 0 Å². The minimum atomic E-state index is 0.0141. The van der Waals surface area contributed by atoms with Gasteiger partial charge in [-0.2, -0.15) is 0 Å². The second-order valence-electron chi connectivity index (χ2n) is 7.92.